The fraction of sp³-hybridized carbons (Fsp3) is 0. The summed E-state index contributed by atoms with van der Waals surface area (Å²) in [5.41, 5.74) is 5.06. The predicted octanol–water partition coefficient (Wildman–Crippen LogP) is 3.48. The molecule has 0 saturated heterocycles. The molecule has 0 atom stereocenters. The van der Waals surface area contributed by atoms with Crippen molar-refractivity contribution in [2.24, 2.45) is 0 Å². The van der Waals surface area contributed by atoms with Gasteiger partial charge in [0.15, 0.2) is 5.65 Å². The molecule has 3 heterocycles. The second-order valence-electron chi connectivity index (χ2n) is 4.75. The van der Waals surface area contributed by atoms with Crippen molar-refractivity contribution in [2.75, 3.05) is 0 Å². The number of imidazole rings is 1. The van der Waals surface area contributed by atoms with Crippen LogP contribution in [0.2, 0.25) is 0 Å². The summed E-state index contributed by atoms with van der Waals surface area (Å²) in [6.07, 6.45) is 7.23. The Bertz CT molecular complexity index is 879. The number of benzene rings is 1. The first-order valence-corrected chi connectivity index (χ1v) is 6.71. The Morgan fingerprint density at radius 1 is 0.762 bits per heavy atom. The van der Waals surface area contributed by atoms with Gasteiger partial charge in [0, 0.05) is 24.3 Å². The minimum absolute atomic E-state index is 0.867. The molecule has 4 heteroatoms. The maximum absolute atomic E-state index is 4.39. The second kappa shape index (κ2) is 4.83. The molecule has 4 aromatic rings. The van der Waals surface area contributed by atoms with Crippen LogP contribution in [-0.2, 0) is 0 Å². The van der Waals surface area contributed by atoms with E-state index in [-0.39, 0.29) is 0 Å². The number of pyridine rings is 2. The number of aromatic nitrogens is 4. The third-order valence-corrected chi connectivity index (χ3v) is 3.45. The van der Waals surface area contributed by atoms with Gasteiger partial charge in [-0.2, -0.15) is 0 Å². The summed E-state index contributed by atoms with van der Waals surface area (Å²) >= 11 is 0. The van der Waals surface area contributed by atoms with Crippen LogP contribution in [0.1, 0.15) is 0 Å². The Morgan fingerprint density at radius 2 is 1.62 bits per heavy atom. The van der Waals surface area contributed by atoms with Crippen molar-refractivity contribution in [1.82, 2.24) is 19.5 Å². The maximum atomic E-state index is 4.39. The third kappa shape index (κ3) is 2.07. The topological polar surface area (TPSA) is 43.6 Å². The molecule has 4 rings (SSSR count). The molecular weight excluding hydrogens is 260 g/mol. The van der Waals surface area contributed by atoms with Crippen molar-refractivity contribution in [1.29, 1.82) is 0 Å². The van der Waals surface area contributed by atoms with Gasteiger partial charge in [-0.3, -0.25) is 9.55 Å². The van der Waals surface area contributed by atoms with Crippen LogP contribution in [0.4, 0.5) is 0 Å². The van der Waals surface area contributed by atoms with Crippen molar-refractivity contribution in [2.45, 2.75) is 0 Å². The van der Waals surface area contributed by atoms with Crippen LogP contribution >= 0.6 is 0 Å². The average Bonchev–Trinajstić information content (AvgIpc) is 3.00. The Balaban J connectivity index is 1.77. The van der Waals surface area contributed by atoms with Gasteiger partial charge in [0.2, 0.25) is 0 Å². The number of fused-ring (bicyclic) bond motifs is 1. The fourth-order valence-corrected chi connectivity index (χ4v) is 2.39. The van der Waals surface area contributed by atoms with Crippen molar-refractivity contribution in [3.63, 3.8) is 0 Å². The lowest BCUT2D eigenvalue weighted by Crippen LogP contribution is -1.93. The highest BCUT2D eigenvalue weighted by atomic mass is 15.1. The molecule has 0 aliphatic heterocycles. The molecule has 0 saturated carbocycles. The summed E-state index contributed by atoms with van der Waals surface area (Å²) < 4.78 is 1.99. The van der Waals surface area contributed by atoms with E-state index in [1.807, 2.05) is 29.0 Å². The molecule has 3 aromatic heterocycles. The molecule has 0 spiro atoms. The number of nitrogens with zero attached hydrogens (tertiary/aromatic N) is 4. The van der Waals surface area contributed by atoms with Crippen LogP contribution in [-0.4, -0.2) is 19.5 Å². The Labute approximate surface area is 121 Å². The molecule has 0 aliphatic carbocycles. The molecule has 0 amide bonds. The van der Waals surface area contributed by atoms with E-state index in [1.54, 1.807) is 18.7 Å². The lowest BCUT2D eigenvalue weighted by Gasteiger charge is -2.05. The minimum Gasteiger partial charge on any atom is -0.283 e. The number of hydrogen-bond acceptors (Lipinski definition) is 3. The lowest BCUT2D eigenvalue weighted by molar-refractivity contribution is 1.07. The molecule has 4 nitrogen and oxygen atoms in total. The Morgan fingerprint density at radius 3 is 2.43 bits per heavy atom. The quantitative estimate of drug-likeness (QED) is 0.561. The van der Waals surface area contributed by atoms with Gasteiger partial charge in [-0.15, -0.1) is 0 Å². The van der Waals surface area contributed by atoms with Gasteiger partial charge in [-0.05, 0) is 41.5 Å². The molecule has 0 aliphatic rings. The second-order valence-corrected chi connectivity index (χ2v) is 4.75. The van der Waals surface area contributed by atoms with Gasteiger partial charge in [0.05, 0.1) is 0 Å². The van der Waals surface area contributed by atoms with Crippen molar-refractivity contribution in [3.8, 4) is 16.8 Å². The third-order valence-electron chi connectivity index (χ3n) is 3.45. The molecule has 100 valence electrons. The highest BCUT2D eigenvalue weighted by Crippen LogP contribution is 2.21. The van der Waals surface area contributed by atoms with Gasteiger partial charge in [0.1, 0.15) is 11.8 Å². The first-order chi connectivity index (χ1) is 10.4. The SMILES string of the molecule is c1cncc(-c2ccc(-n3cnc4cccnc43)cc2)c1. The molecule has 0 unspecified atom stereocenters. The van der Waals surface area contributed by atoms with E-state index in [0.29, 0.717) is 0 Å². The number of rotatable bonds is 2. The fourth-order valence-electron chi connectivity index (χ4n) is 2.39. The van der Waals surface area contributed by atoms with E-state index in [4.69, 9.17) is 0 Å². The summed E-state index contributed by atoms with van der Waals surface area (Å²) in [6.45, 7) is 0. The first-order valence-electron chi connectivity index (χ1n) is 6.71. The van der Waals surface area contributed by atoms with Gasteiger partial charge >= 0.3 is 0 Å². The molecule has 0 radical (unpaired) electrons. The van der Waals surface area contributed by atoms with Crippen LogP contribution in [0.5, 0.6) is 0 Å². The van der Waals surface area contributed by atoms with Gasteiger partial charge in [-0.1, -0.05) is 18.2 Å². The zero-order valence-electron chi connectivity index (χ0n) is 11.2. The van der Waals surface area contributed by atoms with Crippen LogP contribution in [0, 0.1) is 0 Å². The normalized spacial score (nSPS) is 10.9. The molecule has 0 fully saturated rings. The molecule has 0 bridgehead atoms. The van der Waals surface area contributed by atoms with Gasteiger partial charge < -0.3 is 0 Å². The van der Waals surface area contributed by atoms with Gasteiger partial charge in [0.25, 0.3) is 0 Å². The van der Waals surface area contributed by atoms with Gasteiger partial charge in [-0.25, -0.2) is 9.97 Å². The zero-order valence-corrected chi connectivity index (χ0v) is 11.2. The largest absolute Gasteiger partial charge is 0.283 e. The highest BCUT2D eigenvalue weighted by Gasteiger charge is 2.05. The summed E-state index contributed by atoms with van der Waals surface area (Å²) in [6, 6.07) is 16.2. The minimum atomic E-state index is 0.867. The van der Waals surface area contributed by atoms with Crippen LogP contribution in [0.3, 0.4) is 0 Å². The van der Waals surface area contributed by atoms with E-state index in [2.05, 4.69) is 45.3 Å². The van der Waals surface area contributed by atoms with Crippen molar-refractivity contribution < 1.29 is 0 Å². The summed E-state index contributed by atoms with van der Waals surface area (Å²) in [4.78, 5) is 12.9. The smallest absolute Gasteiger partial charge is 0.164 e. The average molecular weight is 272 g/mol. The zero-order chi connectivity index (χ0) is 14.1. The number of hydrogen-bond donors (Lipinski definition) is 0. The predicted molar refractivity (Wildman–Crippen MR) is 82.1 cm³/mol. The standard InChI is InChI=1S/C17H12N4/c1-3-14(11-18-9-1)13-5-7-15(8-6-13)21-12-20-16-4-2-10-19-17(16)21/h1-12H. The molecule has 1 aromatic carbocycles. The van der Waals surface area contributed by atoms with E-state index in [0.717, 1.165) is 28.0 Å². The molecule has 21 heavy (non-hydrogen) atoms. The summed E-state index contributed by atoms with van der Waals surface area (Å²) in [7, 11) is 0. The maximum Gasteiger partial charge on any atom is 0.164 e. The van der Waals surface area contributed by atoms with Crippen LogP contribution < -0.4 is 0 Å². The lowest BCUT2D eigenvalue weighted by atomic mass is 10.1. The Kier molecular flexibility index (Phi) is 2.71. The van der Waals surface area contributed by atoms with E-state index in [1.165, 1.54) is 0 Å². The first kappa shape index (κ1) is 11.8. The molecular formula is C17H12N4. The van der Waals surface area contributed by atoms with Crippen molar-refractivity contribution in [3.05, 3.63) is 73.4 Å². The van der Waals surface area contributed by atoms with E-state index < -0.39 is 0 Å². The van der Waals surface area contributed by atoms with Crippen molar-refractivity contribution >= 4 is 11.2 Å². The van der Waals surface area contributed by atoms with Crippen LogP contribution in [0.15, 0.2) is 73.4 Å². The van der Waals surface area contributed by atoms with E-state index in [9.17, 15) is 0 Å². The molecule has 0 N–H and O–H groups in total. The monoisotopic (exact) mass is 272 g/mol. The summed E-state index contributed by atoms with van der Waals surface area (Å²) in [5.74, 6) is 0. The Hall–Kier alpha value is -3.01. The van der Waals surface area contributed by atoms with Crippen LogP contribution in [0.25, 0.3) is 28.0 Å². The van der Waals surface area contributed by atoms with E-state index >= 15 is 0 Å². The summed E-state index contributed by atoms with van der Waals surface area (Å²) in [5, 5.41) is 0. The highest BCUT2D eigenvalue weighted by molar-refractivity contribution is 5.73.